The van der Waals surface area contributed by atoms with Gasteiger partial charge in [-0.3, -0.25) is 0 Å². The van der Waals surface area contributed by atoms with Crippen LogP contribution in [0.2, 0.25) is 0 Å². The molecule has 0 atom stereocenters. The van der Waals surface area contributed by atoms with Crippen molar-refractivity contribution < 1.29 is 14.3 Å². The maximum Gasteiger partial charge on any atom is 0.346 e. The molecule has 0 aliphatic heterocycles. The highest BCUT2D eigenvalue weighted by Gasteiger charge is 2.17. The van der Waals surface area contributed by atoms with Crippen molar-refractivity contribution in [3.8, 4) is 0 Å². The van der Waals surface area contributed by atoms with E-state index in [1.807, 2.05) is 0 Å². The summed E-state index contributed by atoms with van der Waals surface area (Å²) in [7, 11) is 0. The molecule has 0 aliphatic rings. The maximum atomic E-state index is 12.7. The SMILES string of the molecule is Cc1c(C(=O)O)sc(F)c1Br. The number of thiophene rings is 1. The van der Waals surface area contributed by atoms with Crippen LogP contribution in [0.1, 0.15) is 15.2 Å². The monoisotopic (exact) mass is 238 g/mol. The number of carboxylic acids is 1. The average Bonchev–Trinajstić information content (AvgIpc) is 2.17. The van der Waals surface area contributed by atoms with Gasteiger partial charge in [0.05, 0.1) is 4.47 Å². The Hall–Kier alpha value is -0.420. The highest BCUT2D eigenvalue weighted by molar-refractivity contribution is 9.10. The zero-order valence-corrected chi connectivity index (χ0v) is 7.92. The van der Waals surface area contributed by atoms with E-state index in [1.165, 1.54) is 0 Å². The zero-order chi connectivity index (χ0) is 8.59. The maximum absolute atomic E-state index is 12.7. The highest BCUT2D eigenvalue weighted by Crippen LogP contribution is 2.30. The predicted molar refractivity (Wildman–Crippen MR) is 43.7 cm³/mol. The molecule has 0 saturated carbocycles. The summed E-state index contributed by atoms with van der Waals surface area (Å²) < 4.78 is 12.9. The lowest BCUT2D eigenvalue weighted by atomic mass is 10.3. The second kappa shape index (κ2) is 2.91. The number of rotatable bonds is 1. The molecule has 1 rings (SSSR count). The molecule has 0 fully saturated rings. The van der Waals surface area contributed by atoms with Gasteiger partial charge in [-0.1, -0.05) is 11.3 Å². The van der Waals surface area contributed by atoms with Crippen LogP contribution in [0.3, 0.4) is 0 Å². The highest BCUT2D eigenvalue weighted by atomic mass is 79.9. The minimum absolute atomic E-state index is 0.0503. The van der Waals surface area contributed by atoms with E-state index in [4.69, 9.17) is 5.11 Å². The van der Waals surface area contributed by atoms with Crippen molar-refractivity contribution in [3.63, 3.8) is 0 Å². The molecule has 0 aliphatic carbocycles. The normalized spacial score (nSPS) is 10.1. The fourth-order valence-electron chi connectivity index (χ4n) is 0.662. The van der Waals surface area contributed by atoms with E-state index >= 15 is 0 Å². The minimum Gasteiger partial charge on any atom is -0.477 e. The van der Waals surface area contributed by atoms with Crippen molar-refractivity contribution in [3.05, 3.63) is 20.0 Å². The van der Waals surface area contributed by atoms with Gasteiger partial charge < -0.3 is 5.11 Å². The van der Waals surface area contributed by atoms with Gasteiger partial charge in [0, 0.05) is 0 Å². The molecule has 0 spiro atoms. The van der Waals surface area contributed by atoms with E-state index in [0.29, 0.717) is 16.9 Å². The number of carbonyl (C=O) groups is 1. The first-order valence-electron chi connectivity index (χ1n) is 2.71. The third-order valence-electron chi connectivity index (χ3n) is 1.23. The first-order chi connectivity index (χ1) is 5.04. The molecular weight excluding hydrogens is 235 g/mol. The van der Waals surface area contributed by atoms with E-state index in [2.05, 4.69) is 15.9 Å². The Bertz CT molecular complexity index is 308. The minimum atomic E-state index is -1.09. The van der Waals surface area contributed by atoms with Gasteiger partial charge in [0.25, 0.3) is 0 Å². The third-order valence-corrected chi connectivity index (χ3v) is 3.50. The largest absolute Gasteiger partial charge is 0.477 e. The molecule has 1 aromatic rings. The molecule has 0 saturated heterocycles. The standard InChI is InChI=1S/C6H4BrFO2S/c1-2-3(7)5(8)11-4(2)6(9)10/h1H3,(H,9,10). The van der Waals surface area contributed by atoms with Crippen LogP contribution < -0.4 is 0 Å². The van der Waals surface area contributed by atoms with Crippen LogP contribution in [0.4, 0.5) is 4.39 Å². The molecule has 0 radical (unpaired) electrons. The van der Waals surface area contributed by atoms with Crippen LogP contribution in [-0.4, -0.2) is 11.1 Å². The van der Waals surface area contributed by atoms with E-state index in [-0.39, 0.29) is 9.35 Å². The second-order valence-corrected chi connectivity index (χ2v) is 3.71. The van der Waals surface area contributed by atoms with Gasteiger partial charge in [0.15, 0.2) is 5.13 Å². The Kier molecular flexibility index (Phi) is 2.29. The van der Waals surface area contributed by atoms with Gasteiger partial charge >= 0.3 is 5.97 Å². The van der Waals surface area contributed by atoms with E-state index < -0.39 is 11.1 Å². The summed E-state index contributed by atoms with van der Waals surface area (Å²) in [5, 5.41) is 8.04. The third kappa shape index (κ3) is 1.44. The molecule has 0 amide bonds. The lowest BCUT2D eigenvalue weighted by Gasteiger charge is -1.88. The Morgan fingerprint density at radius 3 is 2.45 bits per heavy atom. The molecule has 1 heterocycles. The Morgan fingerprint density at radius 1 is 1.73 bits per heavy atom. The summed E-state index contributed by atoms with van der Waals surface area (Å²) in [5.41, 5.74) is 0.444. The number of halogens is 2. The second-order valence-electron chi connectivity index (χ2n) is 1.95. The van der Waals surface area contributed by atoms with Crippen molar-refractivity contribution in [1.29, 1.82) is 0 Å². The van der Waals surface area contributed by atoms with Crippen molar-refractivity contribution in [1.82, 2.24) is 0 Å². The van der Waals surface area contributed by atoms with Gasteiger partial charge in [-0.25, -0.2) is 4.79 Å². The summed E-state index contributed by atoms with van der Waals surface area (Å²) in [6.45, 7) is 1.56. The summed E-state index contributed by atoms with van der Waals surface area (Å²) in [6, 6.07) is 0. The molecule has 0 unspecified atom stereocenters. The molecule has 5 heteroatoms. The van der Waals surface area contributed by atoms with E-state index in [0.717, 1.165) is 0 Å². The fraction of sp³-hybridized carbons (Fsp3) is 0.167. The molecule has 60 valence electrons. The van der Waals surface area contributed by atoms with Gasteiger partial charge in [0.1, 0.15) is 4.88 Å². The topological polar surface area (TPSA) is 37.3 Å². The van der Waals surface area contributed by atoms with Crippen LogP contribution in [-0.2, 0) is 0 Å². The van der Waals surface area contributed by atoms with Gasteiger partial charge in [0.2, 0.25) is 0 Å². The predicted octanol–water partition coefficient (Wildman–Crippen LogP) is 2.66. The summed E-state index contributed by atoms with van der Waals surface area (Å²) in [5.74, 6) is -1.09. The van der Waals surface area contributed by atoms with Crippen LogP contribution in [0.15, 0.2) is 4.47 Å². The molecule has 0 aromatic carbocycles. The molecule has 1 N–H and O–H groups in total. The summed E-state index contributed by atoms with van der Waals surface area (Å²) in [4.78, 5) is 10.5. The Labute approximate surface area is 74.8 Å². The zero-order valence-electron chi connectivity index (χ0n) is 5.52. The average molecular weight is 239 g/mol. The summed E-state index contributed by atoms with van der Waals surface area (Å²) >= 11 is 3.58. The summed E-state index contributed by atoms with van der Waals surface area (Å²) in [6.07, 6.45) is 0. The van der Waals surface area contributed by atoms with E-state index in [1.54, 1.807) is 6.92 Å². The van der Waals surface area contributed by atoms with Gasteiger partial charge in [-0.2, -0.15) is 4.39 Å². The quantitative estimate of drug-likeness (QED) is 0.817. The number of aromatic carboxylic acids is 1. The lowest BCUT2D eigenvalue weighted by molar-refractivity contribution is 0.0701. The van der Waals surface area contributed by atoms with Gasteiger partial charge in [-0.05, 0) is 28.4 Å². The Balaban J connectivity index is 3.29. The lowest BCUT2D eigenvalue weighted by Crippen LogP contribution is -1.93. The van der Waals surface area contributed by atoms with Crippen LogP contribution in [0, 0.1) is 12.1 Å². The van der Waals surface area contributed by atoms with Crippen molar-refractivity contribution in [2.75, 3.05) is 0 Å². The Morgan fingerprint density at radius 2 is 2.27 bits per heavy atom. The first kappa shape index (κ1) is 8.67. The van der Waals surface area contributed by atoms with Crippen LogP contribution in [0.5, 0.6) is 0 Å². The molecule has 1 aromatic heterocycles. The van der Waals surface area contributed by atoms with Crippen molar-refractivity contribution in [2.45, 2.75) is 6.92 Å². The number of hydrogen-bond donors (Lipinski definition) is 1. The van der Waals surface area contributed by atoms with Crippen molar-refractivity contribution >= 4 is 33.2 Å². The van der Waals surface area contributed by atoms with Crippen LogP contribution in [0.25, 0.3) is 0 Å². The van der Waals surface area contributed by atoms with Crippen molar-refractivity contribution in [2.24, 2.45) is 0 Å². The molecule has 0 bridgehead atoms. The first-order valence-corrected chi connectivity index (χ1v) is 4.32. The number of hydrogen-bond acceptors (Lipinski definition) is 2. The molecule has 11 heavy (non-hydrogen) atoms. The van der Waals surface area contributed by atoms with Crippen LogP contribution >= 0.6 is 27.3 Å². The molecular formula is C6H4BrFO2S. The smallest absolute Gasteiger partial charge is 0.346 e. The molecule has 2 nitrogen and oxygen atoms in total. The number of carboxylic acid groups (broad SMARTS) is 1. The fourth-order valence-corrected chi connectivity index (χ4v) is 2.00. The van der Waals surface area contributed by atoms with E-state index in [9.17, 15) is 9.18 Å². The van der Waals surface area contributed by atoms with Gasteiger partial charge in [-0.15, -0.1) is 0 Å².